The number of amides is 1. The maximum absolute atomic E-state index is 12.4. The van der Waals surface area contributed by atoms with Gasteiger partial charge in [0.2, 0.25) is 0 Å². The van der Waals surface area contributed by atoms with E-state index >= 15 is 0 Å². The van der Waals surface area contributed by atoms with Gasteiger partial charge in [-0.2, -0.15) is 0 Å². The lowest BCUT2D eigenvalue weighted by molar-refractivity contribution is -0.141. The molecule has 2 N–H and O–H groups in total. The number of hydrogen-bond acceptors (Lipinski definition) is 4. The van der Waals surface area contributed by atoms with Crippen LogP contribution >= 0.6 is 0 Å². The van der Waals surface area contributed by atoms with Gasteiger partial charge in [0.25, 0.3) is 5.91 Å². The fourth-order valence-electron chi connectivity index (χ4n) is 3.31. The maximum Gasteiger partial charge on any atom is 0.250 e. The van der Waals surface area contributed by atoms with Gasteiger partial charge in [0, 0.05) is 13.1 Å². The molecule has 1 heterocycles. The van der Waals surface area contributed by atoms with Crippen LogP contribution in [0.25, 0.3) is 0 Å². The van der Waals surface area contributed by atoms with Crippen LogP contribution in [0.3, 0.4) is 0 Å². The van der Waals surface area contributed by atoms with E-state index in [-0.39, 0.29) is 12.5 Å². The van der Waals surface area contributed by atoms with E-state index in [0.29, 0.717) is 19.1 Å². The number of aliphatic hydroxyl groups is 1. The molecule has 20 heavy (non-hydrogen) atoms. The van der Waals surface area contributed by atoms with Crippen molar-refractivity contribution in [2.24, 2.45) is 5.92 Å². The molecule has 1 saturated heterocycles. The molecule has 2 aliphatic rings. The Balaban J connectivity index is 1.95. The number of ether oxygens (including phenoxy) is 1. The summed E-state index contributed by atoms with van der Waals surface area (Å²) in [5.41, 5.74) is -0.517. The Morgan fingerprint density at radius 1 is 1.40 bits per heavy atom. The van der Waals surface area contributed by atoms with Crippen molar-refractivity contribution in [2.45, 2.75) is 50.7 Å². The summed E-state index contributed by atoms with van der Waals surface area (Å²) in [5.74, 6) is 0.283. The Labute approximate surface area is 121 Å². The summed E-state index contributed by atoms with van der Waals surface area (Å²) in [6.45, 7) is 4.04. The van der Waals surface area contributed by atoms with Gasteiger partial charge in [0.1, 0.15) is 6.10 Å². The van der Waals surface area contributed by atoms with Crippen molar-refractivity contribution in [1.82, 2.24) is 10.2 Å². The smallest absolute Gasteiger partial charge is 0.250 e. The molecule has 5 nitrogen and oxygen atoms in total. The van der Waals surface area contributed by atoms with Crippen LogP contribution in [0, 0.1) is 5.92 Å². The molecule has 0 aromatic heterocycles. The zero-order valence-corrected chi connectivity index (χ0v) is 12.7. The second kappa shape index (κ2) is 6.87. The first-order valence-corrected chi connectivity index (χ1v) is 7.78. The minimum Gasteiger partial charge on any atom is -0.394 e. The number of nitrogens with zero attached hydrogens (tertiary/aromatic N) is 1. The zero-order valence-electron chi connectivity index (χ0n) is 12.7. The van der Waals surface area contributed by atoms with E-state index < -0.39 is 11.6 Å². The number of morpholine rings is 1. The summed E-state index contributed by atoms with van der Waals surface area (Å²) in [5, 5.41) is 12.8. The second-order valence-electron chi connectivity index (χ2n) is 6.52. The summed E-state index contributed by atoms with van der Waals surface area (Å²) in [6.07, 6.45) is 5.41. The van der Waals surface area contributed by atoms with Gasteiger partial charge in [-0.3, -0.25) is 4.79 Å². The summed E-state index contributed by atoms with van der Waals surface area (Å²) in [7, 11) is 2.00. The van der Waals surface area contributed by atoms with Crippen molar-refractivity contribution in [3.8, 4) is 0 Å². The van der Waals surface area contributed by atoms with Crippen LogP contribution in [0.1, 0.15) is 39.0 Å². The Morgan fingerprint density at radius 2 is 2.10 bits per heavy atom. The second-order valence-corrected chi connectivity index (χ2v) is 6.52. The third-order valence-electron chi connectivity index (χ3n) is 4.81. The molecule has 1 saturated carbocycles. The number of carbonyl (C=O) groups is 1. The van der Waals surface area contributed by atoms with Gasteiger partial charge in [-0.1, -0.05) is 19.3 Å². The van der Waals surface area contributed by atoms with Crippen LogP contribution in [0.5, 0.6) is 0 Å². The summed E-state index contributed by atoms with van der Waals surface area (Å²) in [4.78, 5) is 14.5. The Kier molecular flexibility index (Phi) is 5.41. The molecule has 2 fully saturated rings. The van der Waals surface area contributed by atoms with Crippen LogP contribution in [-0.4, -0.2) is 60.9 Å². The highest BCUT2D eigenvalue weighted by atomic mass is 16.5. The highest BCUT2D eigenvalue weighted by molar-refractivity contribution is 5.82. The molecule has 1 aliphatic carbocycles. The maximum atomic E-state index is 12.4. The monoisotopic (exact) mass is 284 g/mol. The molecule has 0 radical (unpaired) electrons. The molecule has 1 amide bonds. The lowest BCUT2D eigenvalue weighted by atomic mass is 9.76. The van der Waals surface area contributed by atoms with Crippen molar-refractivity contribution in [3.63, 3.8) is 0 Å². The molecule has 2 atom stereocenters. The number of rotatable bonds is 4. The van der Waals surface area contributed by atoms with Gasteiger partial charge in [-0.25, -0.2) is 0 Å². The number of hydrogen-bond donors (Lipinski definition) is 2. The fraction of sp³-hybridized carbons (Fsp3) is 0.933. The standard InChI is InChI=1S/C15H28N2O3/c1-15(11-18,12-6-4-3-5-7-12)16-14(19)13-10-17(2)8-9-20-13/h12-13,18H,3-11H2,1-2H3,(H,16,19). The van der Waals surface area contributed by atoms with E-state index in [0.717, 1.165) is 19.4 Å². The highest BCUT2D eigenvalue weighted by Gasteiger charge is 2.38. The molecule has 0 bridgehead atoms. The molecule has 0 aromatic carbocycles. The summed E-state index contributed by atoms with van der Waals surface area (Å²) < 4.78 is 5.55. The van der Waals surface area contributed by atoms with Gasteiger partial charge in [0.15, 0.2) is 0 Å². The molecule has 1 aliphatic heterocycles. The van der Waals surface area contributed by atoms with Crippen LogP contribution in [0.2, 0.25) is 0 Å². The number of aliphatic hydroxyl groups excluding tert-OH is 1. The van der Waals surface area contributed by atoms with Gasteiger partial charge in [-0.15, -0.1) is 0 Å². The molecule has 2 unspecified atom stereocenters. The molecular weight excluding hydrogens is 256 g/mol. The van der Waals surface area contributed by atoms with Gasteiger partial charge in [-0.05, 0) is 32.7 Å². The summed E-state index contributed by atoms with van der Waals surface area (Å²) >= 11 is 0. The van der Waals surface area contributed by atoms with Crippen LogP contribution in [0.4, 0.5) is 0 Å². The molecule has 5 heteroatoms. The van der Waals surface area contributed by atoms with E-state index in [1.807, 2.05) is 14.0 Å². The van der Waals surface area contributed by atoms with Gasteiger partial charge >= 0.3 is 0 Å². The van der Waals surface area contributed by atoms with Crippen molar-refractivity contribution in [1.29, 1.82) is 0 Å². The predicted octanol–water partition coefficient (Wildman–Crippen LogP) is 0.764. The third-order valence-corrected chi connectivity index (χ3v) is 4.81. The Morgan fingerprint density at radius 3 is 2.70 bits per heavy atom. The summed E-state index contributed by atoms with van der Waals surface area (Å²) in [6, 6.07) is 0. The first-order chi connectivity index (χ1) is 9.55. The molecular formula is C15H28N2O3. The van der Waals surface area contributed by atoms with Crippen LogP contribution in [-0.2, 0) is 9.53 Å². The molecule has 116 valence electrons. The third kappa shape index (κ3) is 3.71. The van der Waals surface area contributed by atoms with E-state index in [1.54, 1.807) is 0 Å². The molecule has 0 spiro atoms. The lowest BCUT2D eigenvalue weighted by Crippen LogP contribution is -2.59. The van der Waals surface area contributed by atoms with Crippen molar-refractivity contribution < 1.29 is 14.6 Å². The Bertz CT molecular complexity index is 331. The predicted molar refractivity (Wildman–Crippen MR) is 77.4 cm³/mol. The minimum absolute atomic E-state index is 0.00797. The van der Waals surface area contributed by atoms with Crippen LogP contribution < -0.4 is 5.32 Å². The quantitative estimate of drug-likeness (QED) is 0.800. The van der Waals surface area contributed by atoms with E-state index in [4.69, 9.17) is 4.74 Å². The van der Waals surface area contributed by atoms with Crippen molar-refractivity contribution in [2.75, 3.05) is 33.4 Å². The normalized spacial score (nSPS) is 28.9. The molecule has 2 rings (SSSR count). The average Bonchev–Trinajstić information content (AvgIpc) is 2.48. The number of likely N-dealkylation sites (N-methyl/N-ethyl adjacent to an activating group) is 1. The molecule has 0 aromatic rings. The van der Waals surface area contributed by atoms with Gasteiger partial charge in [0.05, 0.1) is 18.8 Å². The zero-order chi connectivity index (χ0) is 14.6. The number of carbonyl (C=O) groups excluding carboxylic acids is 1. The number of nitrogens with one attached hydrogen (secondary N) is 1. The van der Waals surface area contributed by atoms with Crippen LogP contribution in [0.15, 0.2) is 0 Å². The lowest BCUT2D eigenvalue weighted by Gasteiger charge is -2.40. The van der Waals surface area contributed by atoms with E-state index in [9.17, 15) is 9.90 Å². The van der Waals surface area contributed by atoms with E-state index in [1.165, 1.54) is 19.3 Å². The Hall–Kier alpha value is -0.650. The fourth-order valence-corrected chi connectivity index (χ4v) is 3.31. The highest BCUT2D eigenvalue weighted by Crippen LogP contribution is 2.32. The van der Waals surface area contributed by atoms with Gasteiger partial charge < -0.3 is 20.1 Å². The minimum atomic E-state index is -0.517. The SMILES string of the molecule is CN1CCOC(C(=O)NC(C)(CO)C2CCCCC2)C1. The largest absolute Gasteiger partial charge is 0.394 e. The average molecular weight is 284 g/mol. The first kappa shape index (κ1) is 15.7. The van der Waals surface area contributed by atoms with E-state index in [2.05, 4.69) is 10.2 Å². The topological polar surface area (TPSA) is 61.8 Å². The van der Waals surface area contributed by atoms with Crippen molar-refractivity contribution >= 4 is 5.91 Å². The first-order valence-electron chi connectivity index (χ1n) is 7.78. The van der Waals surface area contributed by atoms with Crippen molar-refractivity contribution in [3.05, 3.63) is 0 Å².